The second-order valence-corrected chi connectivity index (χ2v) is 1.99. The van der Waals surface area contributed by atoms with E-state index in [1.807, 2.05) is 0 Å². The van der Waals surface area contributed by atoms with Crippen LogP contribution in [0.2, 0.25) is 0 Å². The zero-order valence-corrected chi connectivity index (χ0v) is 8.72. The van der Waals surface area contributed by atoms with Crippen LogP contribution in [0.4, 0.5) is 0 Å². The Morgan fingerprint density at radius 2 is 2.10 bits per heavy atom. The van der Waals surface area contributed by atoms with Gasteiger partial charge in [0.1, 0.15) is 0 Å². The van der Waals surface area contributed by atoms with Crippen LogP contribution in [0.1, 0.15) is 11.1 Å². The van der Waals surface area contributed by atoms with Gasteiger partial charge in [0.25, 0.3) is 0 Å². The predicted octanol–water partition coefficient (Wildman–Crippen LogP) is 1.68. The molecule has 1 radical (unpaired) electrons. The van der Waals surface area contributed by atoms with Crippen LogP contribution >= 0.6 is 0 Å². The van der Waals surface area contributed by atoms with E-state index in [1.165, 1.54) is 0 Å². The average Bonchev–Trinajstić information content (AvgIpc) is 1.80. The van der Waals surface area contributed by atoms with Gasteiger partial charge in [0.05, 0.1) is 5.75 Å². The van der Waals surface area contributed by atoms with Gasteiger partial charge in [-0.1, -0.05) is 6.92 Å². The van der Waals surface area contributed by atoms with Crippen molar-refractivity contribution < 1.29 is 37.8 Å². The first-order chi connectivity index (χ1) is 4.20. The van der Waals surface area contributed by atoms with Crippen LogP contribution in [0.5, 0.6) is 5.75 Å². The standard InChI is InChI=1S/C8H8O.Y/c1-6-3-4-8(9)7(2)5-6;/h3-4,9H,1H2,2H3;/q-2;. The molecule has 0 amide bonds. The molecular formula is C8H8OY-2. The summed E-state index contributed by atoms with van der Waals surface area (Å²) in [5.74, 6) is 0.280. The Hall–Kier alpha value is -0.00610. The van der Waals surface area contributed by atoms with E-state index in [0.717, 1.165) is 11.1 Å². The van der Waals surface area contributed by atoms with E-state index in [-0.39, 0.29) is 38.5 Å². The summed E-state index contributed by atoms with van der Waals surface area (Å²) in [6.45, 7) is 5.45. The summed E-state index contributed by atoms with van der Waals surface area (Å²) in [5.41, 5.74) is 1.56. The SMILES string of the molecule is [CH2-]c1[c-]c(C)c(O)cc1.[Y]. The molecule has 1 nitrogen and oxygen atoms in total. The minimum atomic E-state index is 0. The van der Waals surface area contributed by atoms with Crippen molar-refractivity contribution in [1.29, 1.82) is 0 Å². The summed E-state index contributed by atoms with van der Waals surface area (Å²) < 4.78 is 0. The molecule has 0 aromatic heterocycles. The second-order valence-electron chi connectivity index (χ2n) is 1.99. The fraction of sp³-hybridized carbons (Fsp3) is 0.125. The van der Waals surface area contributed by atoms with Gasteiger partial charge >= 0.3 is 0 Å². The minimum Gasteiger partial charge on any atom is -0.512 e. The van der Waals surface area contributed by atoms with E-state index in [2.05, 4.69) is 13.0 Å². The molecule has 0 saturated heterocycles. The first kappa shape index (κ1) is 9.99. The van der Waals surface area contributed by atoms with E-state index in [9.17, 15) is 0 Å². The molecule has 1 aromatic carbocycles. The van der Waals surface area contributed by atoms with Gasteiger partial charge in [-0.3, -0.25) is 6.07 Å². The molecule has 0 saturated carbocycles. The van der Waals surface area contributed by atoms with E-state index < -0.39 is 0 Å². The van der Waals surface area contributed by atoms with Gasteiger partial charge in [-0.25, -0.2) is 0 Å². The third-order valence-electron chi connectivity index (χ3n) is 1.17. The molecule has 0 aliphatic heterocycles. The molecule has 0 fully saturated rings. The van der Waals surface area contributed by atoms with Gasteiger partial charge in [0, 0.05) is 32.7 Å². The van der Waals surface area contributed by atoms with Crippen molar-refractivity contribution in [2.24, 2.45) is 0 Å². The number of hydrogen-bond acceptors (Lipinski definition) is 1. The van der Waals surface area contributed by atoms with Crippen LogP contribution in [0.25, 0.3) is 0 Å². The first-order valence-corrected chi connectivity index (χ1v) is 2.74. The summed E-state index contributed by atoms with van der Waals surface area (Å²) in [6, 6.07) is 6.22. The molecule has 0 atom stereocenters. The van der Waals surface area contributed by atoms with Crippen molar-refractivity contribution in [2.75, 3.05) is 0 Å². The number of aryl methyl sites for hydroxylation is 1. The molecule has 0 aliphatic carbocycles. The van der Waals surface area contributed by atoms with Crippen LogP contribution < -0.4 is 0 Å². The van der Waals surface area contributed by atoms with E-state index in [1.54, 1.807) is 19.1 Å². The zero-order valence-electron chi connectivity index (χ0n) is 5.89. The van der Waals surface area contributed by atoms with Gasteiger partial charge in [-0.15, -0.1) is 11.6 Å². The number of benzene rings is 1. The van der Waals surface area contributed by atoms with Gasteiger partial charge in [0.2, 0.25) is 0 Å². The summed E-state index contributed by atoms with van der Waals surface area (Å²) >= 11 is 0. The van der Waals surface area contributed by atoms with Crippen molar-refractivity contribution in [3.05, 3.63) is 36.2 Å². The van der Waals surface area contributed by atoms with Gasteiger partial charge in [-0.2, -0.15) is 0 Å². The smallest absolute Gasteiger partial charge is 0.0708 e. The molecule has 10 heavy (non-hydrogen) atoms. The molecule has 0 unspecified atom stereocenters. The van der Waals surface area contributed by atoms with Gasteiger partial charge in [-0.05, 0) is 0 Å². The van der Waals surface area contributed by atoms with Crippen LogP contribution in [0, 0.1) is 19.9 Å². The summed E-state index contributed by atoms with van der Waals surface area (Å²) in [6.07, 6.45) is 0. The molecule has 1 rings (SSSR count). The molecule has 2 heteroatoms. The molecule has 1 N–H and O–H groups in total. The van der Waals surface area contributed by atoms with Crippen molar-refractivity contribution in [2.45, 2.75) is 6.92 Å². The number of phenolic OH excluding ortho intramolecular Hbond substituents is 1. The molecule has 0 heterocycles. The molecule has 1 aromatic rings. The number of aromatic hydroxyl groups is 1. The van der Waals surface area contributed by atoms with Crippen LogP contribution in [-0.2, 0) is 32.7 Å². The average molecular weight is 209 g/mol. The van der Waals surface area contributed by atoms with Crippen molar-refractivity contribution >= 4 is 0 Å². The van der Waals surface area contributed by atoms with Gasteiger partial charge in [0.15, 0.2) is 0 Å². The topological polar surface area (TPSA) is 20.2 Å². The monoisotopic (exact) mass is 209 g/mol. The van der Waals surface area contributed by atoms with Crippen LogP contribution in [0.3, 0.4) is 0 Å². The number of phenols is 1. The summed E-state index contributed by atoms with van der Waals surface area (Å²) in [5, 5.41) is 8.98. The Bertz CT molecular complexity index is 220. The molecule has 51 valence electrons. The Morgan fingerprint density at radius 1 is 1.50 bits per heavy atom. The Balaban J connectivity index is 0.000000810. The molecular weight excluding hydrogens is 201 g/mol. The maximum atomic E-state index is 8.98. The maximum absolute atomic E-state index is 8.98. The fourth-order valence-electron chi connectivity index (χ4n) is 0.651. The molecule has 0 spiro atoms. The second kappa shape index (κ2) is 4.00. The summed E-state index contributed by atoms with van der Waals surface area (Å²) in [4.78, 5) is 0. The minimum absolute atomic E-state index is 0. The van der Waals surface area contributed by atoms with Crippen molar-refractivity contribution in [1.82, 2.24) is 0 Å². The van der Waals surface area contributed by atoms with Crippen molar-refractivity contribution in [3.8, 4) is 5.75 Å². The normalized spacial score (nSPS) is 8.50. The Labute approximate surface area is 86.3 Å². The predicted molar refractivity (Wildman–Crippen MR) is 36.1 cm³/mol. The third kappa shape index (κ3) is 2.32. The quantitative estimate of drug-likeness (QED) is 0.644. The van der Waals surface area contributed by atoms with Crippen molar-refractivity contribution in [3.63, 3.8) is 0 Å². The number of rotatable bonds is 0. The van der Waals surface area contributed by atoms with Crippen LogP contribution in [0.15, 0.2) is 12.1 Å². The van der Waals surface area contributed by atoms with Gasteiger partial charge < -0.3 is 23.7 Å². The maximum Gasteiger partial charge on any atom is 0.0708 e. The zero-order chi connectivity index (χ0) is 6.85. The largest absolute Gasteiger partial charge is 0.512 e. The Morgan fingerprint density at radius 3 is 2.50 bits per heavy atom. The first-order valence-electron chi connectivity index (χ1n) is 2.74. The van der Waals surface area contributed by atoms with E-state index >= 15 is 0 Å². The van der Waals surface area contributed by atoms with E-state index in [4.69, 9.17) is 5.11 Å². The fourth-order valence-corrected chi connectivity index (χ4v) is 0.651. The summed E-state index contributed by atoms with van der Waals surface area (Å²) in [7, 11) is 0. The molecule has 0 aliphatic rings. The molecule has 0 bridgehead atoms. The van der Waals surface area contributed by atoms with E-state index in [0.29, 0.717) is 0 Å². The van der Waals surface area contributed by atoms with Crippen LogP contribution in [-0.4, -0.2) is 5.11 Å². The number of hydrogen-bond donors (Lipinski definition) is 1. The third-order valence-corrected chi connectivity index (χ3v) is 1.17. The Kier molecular flexibility index (Phi) is 3.99.